The number of nitrogens with two attached hydrogens (primary N) is 1. The number of carbonyl (C=O) groups is 1. The second-order valence-corrected chi connectivity index (χ2v) is 9.34. The molecule has 0 fully saturated rings. The summed E-state index contributed by atoms with van der Waals surface area (Å²) in [5.74, 6) is 1.60. The molecule has 4 rings (SSSR count). The normalized spacial score (nSPS) is 11.4. The largest absolute Gasteiger partial charge is 0.382 e. The number of nitrogens with zero attached hydrogens (tertiary/aromatic N) is 3. The van der Waals surface area contributed by atoms with Crippen molar-refractivity contribution in [3.05, 3.63) is 59.9 Å². The predicted octanol–water partition coefficient (Wildman–Crippen LogP) is 6.86. The minimum absolute atomic E-state index is 0.0890. The van der Waals surface area contributed by atoms with Gasteiger partial charge in [-0.1, -0.05) is 76.3 Å². The van der Waals surface area contributed by atoms with Crippen LogP contribution in [0, 0.1) is 0 Å². The van der Waals surface area contributed by atoms with Gasteiger partial charge in [0.1, 0.15) is 11.3 Å². The number of para-hydroxylation sites is 1. The van der Waals surface area contributed by atoms with E-state index in [1.807, 2.05) is 30.3 Å². The molecule has 2 aromatic heterocycles. The molecule has 2 aromatic carbocycles. The van der Waals surface area contributed by atoms with Gasteiger partial charge >= 0.3 is 0 Å². The highest BCUT2D eigenvalue weighted by atomic mass is 16.1. The van der Waals surface area contributed by atoms with Crippen molar-refractivity contribution in [1.29, 1.82) is 0 Å². The number of nitrogen functional groups attached to an aromatic ring is 1. The maximum Gasteiger partial charge on any atom is 0.224 e. The molecule has 2 heterocycles. The second kappa shape index (κ2) is 11.8. The van der Waals surface area contributed by atoms with E-state index in [1.165, 1.54) is 19.3 Å². The fraction of sp³-hybridized carbons (Fsp3) is 0.414. The number of amides is 1. The molecule has 0 spiro atoms. The van der Waals surface area contributed by atoms with E-state index in [1.54, 1.807) is 0 Å². The zero-order valence-corrected chi connectivity index (χ0v) is 21.0. The molecule has 6 nitrogen and oxygen atoms in total. The third-order valence-corrected chi connectivity index (χ3v) is 6.53. The molecule has 0 bridgehead atoms. The molecule has 3 N–H and O–H groups in total. The van der Waals surface area contributed by atoms with Crippen LogP contribution in [0.3, 0.4) is 0 Å². The predicted molar refractivity (Wildman–Crippen MR) is 146 cm³/mol. The highest BCUT2D eigenvalue weighted by Crippen LogP contribution is 2.30. The first-order chi connectivity index (χ1) is 17.1. The van der Waals surface area contributed by atoms with Crippen molar-refractivity contribution < 1.29 is 4.79 Å². The lowest BCUT2D eigenvalue weighted by Crippen LogP contribution is -2.11. The van der Waals surface area contributed by atoms with E-state index in [0.717, 1.165) is 71.1 Å². The Bertz CT molecular complexity index is 1280. The Morgan fingerprint density at radius 3 is 2.43 bits per heavy atom. The van der Waals surface area contributed by atoms with E-state index >= 15 is 0 Å². The van der Waals surface area contributed by atoms with Crippen LogP contribution in [-0.2, 0) is 17.8 Å². The van der Waals surface area contributed by atoms with Gasteiger partial charge < -0.3 is 15.6 Å². The quantitative estimate of drug-likeness (QED) is 0.221. The van der Waals surface area contributed by atoms with E-state index in [9.17, 15) is 4.79 Å². The maximum absolute atomic E-state index is 12.3. The summed E-state index contributed by atoms with van der Waals surface area (Å²) in [5, 5.41) is 4.10. The highest BCUT2D eigenvalue weighted by Gasteiger charge is 2.17. The molecule has 0 unspecified atom stereocenters. The van der Waals surface area contributed by atoms with Crippen LogP contribution in [0.2, 0.25) is 0 Å². The molecule has 6 heteroatoms. The standard InChI is InChI=1S/C29H37N5O/c1-3-5-7-8-9-15-26(35)31-22-18-16-21(17-19-22)20-34-25(14-6-4-2)33-27-28(34)23-12-10-11-13-24(23)32-29(27)30/h10-13,16-19H,3-9,14-15,20H2,1-2H3,(H2,30,32)(H,31,35). The van der Waals surface area contributed by atoms with Gasteiger partial charge in [-0.25, -0.2) is 9.97 Å². The first-order valence-corrected chi connectivity index (χ1v) is 13.0. The van der Waals surface area contributed by atoms with Gasteiger partial charge in [0.25, 0.3) is 0 Å². The third-order valence-electron chi connectivity index (χ3n) is 6.53. The minimum atomic E-state index is 0.0890. The number of carbonyl (C=O) groups excluding carboxylic acids is 1. The number of rotatable bonds is 12. The number of imidazole rings is 1. The first-order valence-electron chi connectivity index (χ1n) is 13.0. The SMILES string of the molecule is CCCCCCCC(=O)Nc1ccc(Cn2c(CCCC)nc3c(N)nc4ccccc4c32)cc1. The van der Waals surface area contributed by atoms with Gasteiger partial charge in [-0.2, -0.15) is 0 Å². The minimum Gasteiger partial charge on any atom is -0.382 e. The average molecular weight is 472 g/mol. The number of fused-ring (bicyclic) bond motifs is 3. The molecule has 0 atom stereocenters. The van der Waals surface area contributed by atoms with Gasteiger partial charge in [-0.15, -0.1) is 0 Å². The Morgan fingerprint density at radius 1 is 0.914 bits per heavy atom. The van der Waals surface area contributed by atoms with E-state index in [0.29, 0.717) is 18.8 Å². The van der Waals surface area contributed by atoms with Crippen molar-refractivity contribution >= 4 is 39.3 Å². The lowest BCUT2D eigenvalue weighted by atomic mass is 10.1. The van der Waals surface area contributed by atoms with E-state index in [-0.39, 0.29) is 5.91 Å². The molecule has 1 amide bonds. The topological polar surface area (TPSA) is 85.8 Å². The van der Waals surface area contributed by atoms with Gasteiger partial charge in [-0.3, -0.25) is 4.79 Å². The molecule has 0 aliphatic carbocycles. The number of hydrogen-bond donors (Lipinski definition) is 2. The lowest BCUT2D eigenvalue weighted by Gasteiger charge is -2.12. The van der Waals surface area contributed by atoms with Crippen molar-refractivity contribution in [2.75, 3.05) is 11.1 Å². The second-order valence-electron chi connectivity index (χ2n) is 9.34. The van der Waals surface area contributed by atoms with Gasteiger partial charge in [0.2, 0.25) is 5.91 Å². The number of nitrogens with one attached hydrogen (secondary N) is 1. The van der Waals surface area contributed by atoms with Crippen LogP contribution in [0.4, 0.5) is 11.5 Å². The fourth-order valence-electron chi connectivity index (χ4n) is 4.59. The number of hydrogen-bond acceptors (Lipinski definition) is 4. The molecular weight excluding hydrogens is 434 g/mol. The molecular formula is C29H37N5O. The Morgan fingerprint density at radius 2 is 1.66 bits per heavy atom. The smallest absolute Gasteiger partial charge is 0.224 e. The molecule has 0 saturated heterocycles. The molecule has 184 valence electrons. The lowest BCUT2D eigenvalue weighted by molar-refractivity contribution is -0.116. The summed E-state index contributed by atoms with van der Waals surface area (Å²) in [5.41, 5.74) is 11.0. The van der Waals surface area contributed by atoms with E-state index < -0.39 is 0 Å². The van der Waals surface area contributed by atoms with Crippen LogP contribution in [0.15, 0.2) is 48.5 Å². The summed E-state index contributed by atoms with van der Waals surface area (Å²) in [6, 6.07) is 16.2. The summed E-state index contributed by atoms with van der Waals surface area (Å²) < 4.78 is 2.29. The van der Waals surface area contributed by atoms with Crippen LogP contribution in [-0.4, -0.2) is 20.4 Å². The van der Waals surface area contributed by atoms with Gasteiger partial charge in [0, 0.05) is 30.5 Å². The number of anilines is 2. The Hall–Kier alpha value is -3.41. The Labute approximate surface area is 208 Å². The number of unbranched alkanes of at least 4 members (excludes halogenated alkanes) is 5. The van der Waals surface area contributed by atoms with Crippen molar-refractivity contribution in [1.82, 2.24) is 14.5 Å². The van der Waals surface area contributed by atoms with Crippen LogP contribution in [0.25, 0.3) is 21.9 Å². The zero-order valence-electron chi connectivity index (χ0n) is 21.0. The maximum atomic E-state index is 12.3. The van der Waals surface area contributed by atoms with E-state index in [4.69, 9.17) is 10.7 Å². The van der Waals surface area contributed by atoms with Crippen LogP contribution >= 0.6 is 0 Å². The van der Waals surface area contributed by atoms with Crippen LogP contribution in [0.1, 0.15) is 76.6 Å². The number of aromatic nitrogens is 3. The van der Waals surface area contributed by atoms with E-state index in [2.05, 4.69) is 46.9 Å². The first kappa shape index (κ1) is 24.7. The summed E-state index contributed by atoms with van der Waals surface area (Å²) in [6.07, 6.45) is 9.38. The van der Waals surface area contributed by atoms with Crippen molar-refractivity contribution in [3.8, 4) is 0 Å². The monoisotopic (exact) mass is 471 g/mol. The zero-order chi connectivity index (χ0) is 24.6. The van der Waals surface area contributed by atoms with Crippen molar-refractivity contribution in [3.63, 3.8) is 0 Å². The highest BCUT2D eigenvalue weighted by molar-refractivity contribution is 6.06. The molecule has 35 heavy (non-hydrogen) atoms. The number of benzene rings is 2. The molecule has 0 aliphatic heterocycles. The number of aryl methyl sites for hydroxylation is 1. The van der Waals surface area contributed by atoms with Crippen molar-refractivity contribution in [2.45, 2.75) is 78.2 Å². The fourth-order valence-corrected chi connectivity index (χ4v) is 4.59. The molecule has 0 radical (unpaired) electrons. The third kappa shape index (κ3) is 5.99. The molecule has 0 saturated carbocycles. The Kier molecular flexibility index (Phi) is 8.35. The Balaban J connectivity index is 1.54. The van der Waals surface area contributed by atoms with Crippen molar-refractivity contribution in [2.24, 2.45) is 0 Å². The van der Waals surface area contributed by atoms with Gasteiger partial charge in [0.05, 0.1) is 11.0 Å². The van der Waals surface area contributed by atoms with Gasteiger partial charge in [-0.05, 0) is 36.6 Å². The average Bonchev–Trinajstić information content (AvgIpc) is 3.23. The summed E-state index contributed by atoms with van der Waals surface area (Å²) in [6.45, 7) is 5.08. The number of pyridine rings is 1. The van der Waals surface area contributed by atoms with Crippen LogP contribution in [0.5, 0.6) is 0 Å². The summed E-state index contributed by atoms with van der Waals surface area (Å²) in [4.78, 5) is 21.8. The summed E-state index contributed by atoms with van der Waals surface area (Å²) >= 11 is 0. The molecule has 0 aliphatic rings. The summed E-state index contributed by atoms with van der Waals surface area (Å²) in [7, 11) is 0. The molecule has 4 aromatic rings. The van der Waals surface area contributed by atoms with Gasteiger partial charge in [0.15, 0.2) is 5.82 Å². The van der Waals surface area contributed by atoms with Crippen LogP contribution < -0.4 is 11.1 Å².